The SMILES string of the molecule is Cc1cc(Cl)cc2c1N(C(=O)c1cccc(N(C)C)c1)CCC2. The first-order valence-electron chi connectivity index (χ1n) is 7.85. The van der Waals surface area contributed by atoms with Crippen LogP contribution in [0.3, 0.4) is 0 Å². The highest BCUT2D eigenvalue weighted by atomic mass is 35.5. The summed E-state index contributed by atoms with van der Waals surface area (Å²) in [7, 11) is 3.96. The van der Waals surface area contributed by atoms with Gasteiger partial charge in [0.15, 0.2) is 0 Å². The first kappa shape index (κ1) is 15.9. The topological polar surface area (TPSA) is 23.6 Å². The van der Waals surface area contributed by atoms with Gasteiger partial charge in [0, 0.05) is 36.9 Å². The van der Waals surface area contributed by atoms with E-state index in [-0.39, 0.29) is 5.91 Å². The Morgan fingerprint density at radius 1 is 1.22 bits per heavy atom. The van der Waals surface area contributed by atoms with Gasteiger partial charge in [-0.15, -0.1) is 0 Å². The fourth-order valence-electron chi connectivity index (χ4n) is 3.20. The largest absolute Gasteiger partial charge is 0.378 e. The lowest BCUT2D eigenvalue weighted by molar-refractivity contribution is 0.0985. The van der Waals surface area contributed by atoms with Crippen LogP contribution in [0.5, 0.6) is 0 Å². The molecule has 0 saturated carbocycles. The number of benzene rings is 2. The van der Waals surface area contributed by atoms with E-state index in [0.29, 0.717) is 0 Å². The smallest absolute Gasteiger partial charge is 0.258 e. The summed E-state index contributed by atoms with van der Waals surface area (Å²) in [5, 5.41) is 0.741. The molecule has 0 aliphatic carbocycles. The second-order valence-corrected chi connectivity index (χ2v) is 6.67. The van der Waals surface area contributed by atoms with Crippen LogP contribution in [0.15, 0.2) is 36.4 Å². The lowest BCUT2D eigenvalue weighted by atomic mass is 9.97. The first-order chi connectivity index (χ1) is 11.0. The molecule has 3 nitrogen and oxygen atoms in total. The molecule has 0 spiro atoms. The van der Waals surface area contributed by atoms with E-state index >= 15 is 0 Å². The Morgan fingerprint density at radius 2 is 2.00 bits per heavy atom. The highest BCUT2D eigenvalue weighted by Crippen LogP contribution is 2.34. The predicted molar refractivity (Wildman–Crippen MR) is 97.0 cm³/mol. The molecule has 0 fully saturated rings. The molecule has 0 N–H and O–H groups in total. The number of carbonyl (C=O) groups excluding carboxylic acids is 1. The van der Waals surface area contributed by atoms with E-state index in [9.17, 15) is 4.79 Å². The van der Waals surface area contributed by atoms with Gasteiger partial charge >= 0.3 is 0 Å². The van der Waals surface area contributed by atoms with Gasteiger partial charge < -0.3 is 9.80 Å². The highest BCUT2D eigenvalue weighted by molar-refractivity contribution is 6.31. The van der Waals surface area contributed by atoms with E-state index in [1.165, 1.54) is 5.56 Å². The molecule has 1 amide bonds. The minimum Gasteiger partial charge on any atom is -0.378 e. The van der Waals surface area contributed by atoms with Gasteiger partial charge in [-0.1, -0.05) is 17.7 Å². The molecule has 3 rings (SSSR count). The van der Waals surface area contributed by atoms with E-state index in [2.05, 4.69) is 0 Å². The summed E-state index contributed by atoms with van der Waals surface area (Å²) in [5.74, 6) is 0.0556. The molecule has 4 heteroatoms. The molecular weight excluding hydrogens is 308 g/mol. The number of carbonyl (C=O) groups is 1. The summed E-state index contributed by atoms with van der Waals surface area (Å²) in [4.78, 5) is 17.0. The van der Waals surface area contributed by atoms with Crippen molar-refractivity contribution in [3.8, 4) is 0 Å². The molecule has 2 aromatic rings. The molecule has 2 aromatic carbocycles. The molecule has 0 aromatic heterocycles. The lowest BCUT2D eigenvalue weighted by Gasteiger charge is -2.31. The number of nitrogens with zero attached hydrogens (tertiary/aromatic N) is 2. The molecular formula is C19H21ClN2O. The van der Waals surface area contributed by atoms with Gasteiger partial charge in [-0.25, -0.2) is 0 Å². The number of hydrogen-bond donors (Lipinski definition) is 0. The maximum absolute atomic E-state index is 13.0. The summed E-state index contributed by atoms with van der Waals surface area (Å²) < 4.78 is 0. The van der Waals surface area contributed by atoms with E-state index in [1.807, 2.05) is 67.2 Å². The van der Waals surface area contributed by atoms with Gasteiger partial charge in [-0.2, -0.15) is 0 Å². The molecule has 0 bridgehead atoms. The standard InChI is InChI=1S/C19H21ClN2O/c1-13-10-16(20)11-14-7-5-9-22(18(13)14)19(23)15-6-4-8-17(12-15)21(2)3/h4,6,8,10-12H,5,7,9H2,1-3H3. The Morgan fingerprint density at radius 3 is 2.74 bits per heavy atom. The monoisotopic (exact) mass is 328 g/mol. The number of halogens is 1. The van der Waals surface area contributed by atoms with Crippen LogP contribution in [-0.4, -0.2) is 26.5 Å². The van der Waals surface area contributed by atoms with Crippen LogP contribution in [0.25, 0.3) is 0 Å². The maximum atomic E-state index is 13.0. The van der Waals surface area contributed by atoms with Crippen LogP contribution in [0, 0.1) is 6.92 Å². The molecule has 1 heterocycles. The third-order valence-corrected chi connectivity index (χ3v) is 4.51. The minimum atomic E-state index is 0.0556. The van der Waals surface area contributed by atoms with Crippen LogP contribution in [-0.2, 0) is 6.42 Å². The van der Waals surface area contributed by atoms with Crippen molar-refractivity contribution in [3.63, 3.8) is 0 Å². The summed E-state index contributed by atoms with van der Waals surface area (Å²) in [6.07, 6.45) is 1.93. The molecule has 0 atom stereocenters. The van der Waals surface area contributed by atoms with Crippen LogP contribution in [0.1, 0.15) is 27.9 Å². The second kappa shape index (κ2) is 6.25. The maximum Gasteiger partial charge on any atom is 0.258 e. The Labute approximate surface area is 142 Å². The number of rotatable bonds is 2. The van der Waals surface area contributed by atoms with E-state index in [0.717, 1.165) is 46.9 Å². The van der Waals surface area contributed by atoms with Gasteiger partial charge in [0.1, 0.15) is 0 Å². The zero-order valence-electron chi connectivity index (χ0n) is 13.8. The van der Waals surface area contributed by atoms with Crippen molar-refractivity contribution in [2.75, 3.05) is 30.4 Å². The number of amides is 1. The minimum absolute atomic E-state index is 0.0556. The van der Waals surface area contributed by atoms with E-state index < -0.39 is 0 Å². The van der Waals surface area contributed by atoms with Crippen molar-refractivity contribution in [1.82, 2.24) is 0 Å². The zero-order valence-corrected chi connectivity index (χ0v) is 14.5. The van der Waals surface area contributed by atoms with Crippen molar-refractivity contribution in [1.29, 1.82) is 0 Å². The summed E-state index contributed by atoms with van der Waals surface area (Å²) in [6.45, 7) is 2.77. The van der Waals surface area contributed by atoms with Crippen molar-refractivity contribution in [2.45, 2.75) is 19.8 Å². The normalized spacial score (nSPS) is 13.7. The third kappa shape index (κ3) is 3.06. The number of anilines is 2. The quantitative estimate of drug-likeness (QED) is 0.820. The number of fused-ring (bicyclic) bond motifs is 1. The Hall–Kier alpha value is -2.00. The average molecular weight is 329 g/mol. The molecule has 120 valence electrons. The molecule has 23 heavy (non-hydrogen) atoms. The Balaban J connectivity index is 2.01. The molecule has 0 radical (unpaired) electrons. The van der Waals surface area contributed by atoms with Crippen molar-refractivity contribution >= 4 is 28.9 Å². The second-order valence-electron chi connectivity index (χ2n) is 6.24. The first-order valence-corrected chi connectivity index (χ1v) is 8.23. The van der Waals surface area contributed by atoms with Crippen LogP contribution in [0.4, 0.5) is 11.4 Å². The van der Waals surface area contributed by atoms with E-state index in [4.69, 9.17) is 11.6 Å². The Bertz CT molecular complexity index is 755. The van der Waals surface area contributed by atoms with Gasteiger partial charge in [-0.05, 0) is 61.2 Å². The van der Waals surface area contributed by atoms with Crippen molar-refractivity contribution in [2.24, 2.45) is 0 Å². The van der Waals surface area contributed by atoms with Crippen LogP contribution < -0.4 is 9.80 Å². The molecule has 1 aliphatic heterocycles. The lowest BCUT2D eigenvalue weighted by Crippen LogP contribution is -2.36. The number of aryl methyl sites for hydroxylation is 2. The fraction of sp³-hybridized carbons (Fsp3) is 0.316. The predicted octanol–water partition coefficient (Wildman–Crippen LogP) is 4.31. The molecule has 1 aliphatic rings. The highest BCUT2D eigenvalue weighted by Gasteiger charge is 2.25. The molecule has 0 unspecified atom stereocenters. The van der Waals surface area contributed by atoms with Crippen molar-refractivity contribution in [3.05, 3.63) is 58.1 Å². The van der Waals surface area contributed by atoms with Gasteiger partial charge in [-0.3, -0.25) is 4.79 Å². The summed E-state index contributed by atoms with van der Waals surface area (Å²) >= 11 is 6.17. The Kier molecular flexibility index (Phi) is 4.31. The van der Waals surface area contributed by atoms with Crippen molar-refractivity contribution < 1.29 is 4.79 Å². The summed E-state index contributed by atoms with van der Waals surface area (Å²) in [5.41, 5.74) is 5.00. The zero-order chi connectivity index (χ0) is 16.6. The average Bonchev–Trinajstić information content (AvgIpc) is 2.53. The van der Waals surface area contributed by atoms with Gasteiger partial charge in [0.25, 0.3) is 5.91 Å². The van der Waals surface area contributed by atoms with Gasteiger partial charge in [0.2, 0.25) is 0 Å². The van der Waals surface area contributed by atoms with Gasteiger partial charge in [0.05, 0.1) is 5.69 Å². The molecule has 0 saturated heterocycles. The summed E-state index contributed by atoms with van der Waals surface area (Å²) in [6, 6.07) is 11.7. The number of hydrogen-bond acceptors (Lipinski definition) is 2. The fourth-order valence-corrected chi connectivity index (χ4v) is 3.49. The van der Waals surface area contributed by atoms with Crippen LogP contribution >= 0.6 is 11.6 Å². The van der Waals surface area contributed by atoms with E-state index in [1.54, 1.807) is 0 Å². The van der Waals surface area contributed by atoms with Crippen LogP contribution in [0.2, 0.25) is 5.02 Å². The third-order valence-electron chi connectivity index (χ3n) is 4.30.